The van der Waals surface area contributed by atoms with E-state index in [-0.39, 0.29) is 23.3 Å². The van der Waals surface area contributed by atoms with Gasteiger partial charge in [0.15, 0.2) is 5.82 Å². The average molecular weight is 562 g/mol. The molecule has 0 spiro atoms. The second-order valence-corrected chi connectivity index (χ2v) is 10.2. The van der Waals surface area contributed by atoms with Gasteiger partial charge in [-0.1, -0.05) is 0 Å². The Kier molecular flexibility index (Phi) is 7.79. The maximum atomic E-state index is 15.6. The monoisotopic (exact) mass is 561 g/mol. The quantitative estimate of drug-likeness (QED) is 0.404. The van der Waals surface area contributed by atoms with Gasteiger partial charge in [-0.25, -0.2) is 9.37 Å². The predicted molar refractivity (Wildman–Crippen MR) is 147 cm³/mol. The summed E-state index contributed by atoms with van der Waals surface area (Å²) in [4.78, 5) is 37.0. The molecule has 13 heteroatoms. The molecule has 1 aliphatic heterocycles. The van der Waals surface area contributed by atoms with Gasteiger partial charge in [0.05, 0.1) is 28.2 Å². The third-order valence-corrected chi connectivity index (χ3v) is 7.14. The number of anilines is 4. The van der Waals surface area contributed by atoms with E-state index in [2.05, 4.69) is 20.2 Å². The van der Waals surface area contributed by atoms with E-state index in [4.69, 9.17) is 5.73 Å². The van der Waals surface area contributed by atoms with E-state index < -0.39 is 34.6 Å². The van der Waals surface area contributed by atoms with E-state index in [9.17, 15) is 22.8 Å². The van der Waals surface area contributed by atoms with E-state index in [1.165, 1.54) is 24.4 Å². The SMILES string of the molecule is C[C@@H]1CN(c2cc(F)c(-c3cnc(N(C)C)c(N)c3)cc2NC(=O)c2c[nH]c(=O)cc2C(F)(F)F)C[C@H](C)N1C. The number of amides is 1. The fourth-order valence-electron chi connectivity index (χ4n) is 4.83. The molecule has 0 unspecified atom stereocenters. The van der Waals surface area contributed by atoms with Crippen LogP contribution in [0.25, 0.3) is 11.1 Å². The molecule has 1 fully saturated rings. The molecule has 0 aliphatic carbocycles. The van der Waals surface area contributed by atoms with Gasteiger partial charge in [0.25, 0.3) is 5.91 Å². The first-order valence-electron chi connectivity index (χ1n) is 12.5. The largest absolute Gasteiger partial charge is 0.417 e. The topological polar surface area (TPSA) is 111 Å². The number of H-pyrrole nitrogens is 1. The van der Waals surface area contributed by atoms with Crippen LogP contribution in [0.5, 0.6) is 0 Å². The molecule has 0 bridgehead atoms. The van der Waals surface area contributed by atoms with Crippen LogP contribution in [-0.4, -0.2) is 67.1 Å². The Hall–Kier alpha value is -4.13. The Bertz CT molecular complexity index is 1480. The number of aromatic nitrogens is 2. The zero-order valence-electron chi connectivity index (χ0n) is 22.7. The molecular weight excluding hydrogens is 530 g/mol. The van der Waals surface area contributed by atoms with E-state index in [1.807, 2.05) is 25.8 Å². The summed E-state index contributed by atoms with van der Waals surface area (Å²) in [6.07, 6.45) is -2.80. The highest BCUT2D eigenvalue weighted by Crippen LogP contribution is 2.38. The predicted octanol–water partition coefficient (Wildman–Crippen LogP) is 4.02. The minimum absolute atomic E-state index is 0.0521. The molecule has 3 heterocycles. The van der Waals surface area contributed by atoms with Gasteiger partial charge in [-0.15, -0.1) is 0 Å². The molecule has 1 amide bonds. The Morgan fingerprint density at radius 3 is 2.38 bits per heavy atom. The van der Waals surface area contributed by atoms with Crippen molar-refractivity contribution in [1.82, 2.24) is 14.9 Å². The van der Waals surface area contributed by atoms with Crippen LogP contribution < -0.4 is 26.4 Å². The summed E-state index contributed by atoms with van der Waals surface area (Å²) in [5, 5.41) is 2.54. The summed E-state index contributed by atoms with van der Waals surface area (Å²) in [6, 6.07) is 4.64. The van der Waals surface area contributed by atoms with Crippen molar-refractivity contribution in [3.63, 3.8) is 0 Å². The molecule has 1 saturated heterocycles. The number of carbonyl (C=O) groups excluding carboxylic acids is 1. The normalized spacial score (nSPS) is 18.1. The van der Waals surface area contributed by atoms with Gasteiger partial charge in [-0.2, -0.15) is 13.2 Å². The molecule has 1 aromatic carbocycles. The van der Waals surface area contributed by atoms with Crippen LogP contribution in [0, 0.1) is 5.82 Å². The van der Waals surface area contributed by atoms with Gasteiger partial charge in [0, 0.05) is 68.9 Å². The van der Waals surface area contributed by atoms with E-state index in [0.717, 1.165) is 6.20 Å². The molecule has 214 valence electrons. The molecule has 2 aromatic heterocycles. The highest BCUT2D eigenvalue weighted by Gasteiger charge is 2.36. The van der Waals surface area contributed by atoms with Crippen LogP contribution in [0.2, 0.25) is 0 Å². The number of hydrogen-bond acceptors (Lipinski definition) is 7. The summed E-state index contributed by atoms with van der Waals surface area (Å²) >= 11 is 0. The maximum Gasteiger partial charge on any atom is 0.417 e. The molecule has 4 N–H and O–H groups in total. The number of aromatic amines is 1. The van der Waals surface area contributed by atoms with Gasteiger partial charge in [0.1, 0.15) is 5.82 Å². The maximum absolute atomic E-state index is 15.6. The summed E-state index contributed by atoms with van der Waals surface area (Å²) in [7, 11) is 5.49. The molecule has 1 aliphatic rings. The standard InChI is InChI=1S/C27H31F4N7O2/c1-14-12-38(13-15(2)37(14)5)23-9-20(28)17(16-6-21(32)25(34-10-16)36(3)4)7-22(23)35-26(40)18-11-33-24(39)8-19(18)27(29,30)31/h6-11,14-15H,12-13,32H2,1-5H3,(H,33,39)(H,35,40)/t14-,15+. The summed E-state index contributed by atoms with van der Waals surface area (Å²) < 4.78 is 56.6. The lowest BCUT2D eigenvalue weighted by Gasteiger charge is -2.44. The Balaban J connectivity index is 1.83. The van der Waals surface area contributed by atoms with Crippen molar-refractivity contribution in [3.05, 3.63) is 64.0 Å². The van der Waals surface area contributed by atoms with Crippen LogP contribution in [0.1, 0.15) is 29.8 Å². The van der Waals surface area contributed by atoms with Crippen molar-refractivity contribution in [3.8, 4) is 11.1 Å². The van der Waals surface area contributed by atoms with E-state index >= 15 is 4.39 Å². The minimum Gasteiger partial charge on any atom is -0.396 e. The molecule has 2 atom stereocenters. The molecule has 9 nitrogen and oxygen atoms in total. The third-order valence-electron chi connectivity index (χ3n) is 7.14. The number of benzene rings is 1. The number of piperazine rings is 1. The first-order chi connectivity index (χ1) is 18.7. The van der Waals surface area contributed by atoms with Gasteiger partial charge in [-0.3, -0.25) is 14.5 Å². The van der Waals surface area contributed by atoms with Gasteiger partial charge in [0.2, 0.25) is 5.56 Å². The Morgan fingerprint density at radius 2 is 1.80 bits per heavy atom. The first kappa shape index (κ1) is 28.9. The second-order valence-electron chi connectivity index (χ2n) is 10.2. The van der Waals surface area contributed by atoms with Gasteiger partial charge >= 0.3 is 6.18 Å². The number of alkyl halides is 3. The van der Waals surface area contributed by atoms with Crippen molar-refractivity contribution < 1.29 is 22.4 Å². The number of likely N-dealkylation sites (N-methyl/N-ethyl adjacent to an activating group) is 1. The number of nitrogens with zero attached hydrogens (tertiary/aromatic N) is 4. The highest BCUT2D eigenvalue weighted by atomic mass is 19.4. The lowest BCUT2D eigenvalue weighted by Crippen LogP contribution is -2.55. The molecular formula is C27H31F4N7O2. The number of hydrogen-bond donors (Lipinski definition) is 3. The van der Waals surface area contributed by atoms with Gasteiger partial charge < -0.3 is 25.8 Å². The number of carbonyl (C=O) groups is 1. The summed E-state index contributed by atoms with van der Waals surface area (Å²) in [5.74, 6) is -1.25. The fourth-order valence-corrected chi connectivity index (χ4v) is 4.83. The Morgan fingerprint density at radius 1 is 1.15 bits per heavy atom. The van der Waals surface area contributed by atoms with Crippen molar-refractivity contribution >= 4 is 28.8 Å². The number of nitrogen functional groups attached to an aromatic ring is 1. The lowest BCUT2D eigenvalue weighted by molar-refractivity contribution is -0.138. The molecule has 0 saturated carbocycles. The Labute approximate surface area is 228 Å². The fraction of sp³-hybridized carbons (Fsp3) is 0.370. The van der Waals surface area contributed by atoms with Crippen LogP contribution in [0.15, 0.2) is 41.5 Å². The lowest BCUT2D eigenvalue weighted by atomic mass is 10.0. The minimum atomic E-state index is -4.95. The van der Waals surface area contributed by atoms with Crippen LogP contribution in [0.3, 0.4) is 0 Å². The zero-order chi connectivity index (χ0) is 29.5. The highest BCUT2D eigenvalue weighted by molar-refractivity contribution is 6.07. The smallest absolute Gasteiger partial charge is 0.396 e. The average Bonchev–Trinajstić information content (AvgIpc) is 2.86. The zero-order valence-corrected chi connectivity index (χ0v) is 22.7. The van der Waals surface area contributed by atoms with Crippen molar-refractivity contribution in [2.75, 3.05) is 55.1 Å². The van der Waals surface area contributed by atoms with E-state index in [1.54, 1.807) is 19.0 Å². The third kappa shape index (κ3) is 5.74. The number of pyridine rings is 2. The molecule has 40 heavy (non-hydrogen) atoms. The number of nitrogens with one attached hydrogen (secondary N) is 2. The number of rotatable bonds is 5. The number of halogens is 4. The summed E-state index contributed by atoms with van der Waals surface area (Å²) in [6.45, 7) is 4.98. The second kappa shape index (κ2) is 10.8. The van der Waals surface area contributed by atoms with Crippen LogP contribution in [-0.2, 0) is 6.18 Å². The van der Waals surface area contributed by atoms with Crippen molar-refractivity contribution in [1.29, 1.82) is 0 Å². The summed E-state index contributed by atoms with van der Waals surface area (Å²) in [5.41, 5.74) is 4.04. The van der Waals surface area contributed by atoms with Crippen molar-refractivity contribution in [2.45, 2.75) is 32.1 Å². The van der Waals surface area contributed by atoms with Crippen LogP contribution >= 0.6 is 0 Å². The molecule has 4 rings (SSSR count). The van der Waals surface area contributed by atoms with Gasteiger partial charge in [-0.05, 0) is 39.1 Å². The first-order valence-corrected chi connectivity index (χ1v) is 12.5. The molecule has 0 radical (unpaired) electrons. The van der Waals surface area contributed by atoms with E-state index in [0.29, 0.717) is 41.9 Å². The van der Waals surface area contributed by atoms with Crippen LogP contribution in [0.4, 0.5) is 40.4 Å². The van der Waals surface area contributed by atoms with Crippen molar-refractivity contribution in [2.24, 2.45) is 0 Å². The molecule has 3 aromatic rings. The number of nitrogens with two attached hydrogens (primary N) is 1.